The van der Waals surface area contributed by atoms with Gasteiger partial charge in [0.2, 0.25) is 5.91 Å². The molecule has 2 saturated carbocycles. The van der Waals surface area contributed by atoms with E-state index in [1.165, 1.54) is 70.9 Å². The fourth-order valence-electron chi connectivity index (χ4n) is 6.20. The van der Waals surface area contributed by atoms with E-state index >= 15 is 0 Å². The number of hydrogen-bond donors (Lipinski definition) is 2. The zero-order valence-corrected chi connectivity index (χ0v) is 23.1. The van der Waals surface area contributed by atoms with Crippen LogP contribution in [0.1, 0.15) is 70.6 Å². The van der Waals surface area contributed by atoms with Crippen molar-refractivity contribution in [1.82, 2.24) is 25.3 Å². The quantitative estimate of drug-likeness (QED) is 0.290. The molecule has 190 valence electrons. The average Bonchev–Trinajstić information content (AvgIpc) is 3.39. The molecule has 0 atom stereocenters. The van der Waals surface area contributed by atoms with Crippen molar-refractivity contribution >= 4 is 35.8 Å². The molecule has 1 amide bonds. The van der Waals surface area contributed by atoms with E-state index in [2.05, 4.69) is 30.3 Å². The lowest BCUT2D eigenvalue weighted by Gasteiger charge is -2.39. The molecule has 4 fully saturated rings. The van der Waals surface area contributed by atoms with Crippen molar-refractivity contribution in [3.63, 3.8) is 0 Å². The molecular weight excluding hydrogens is 527 g/mol. The van der Waals surface area contributed by atoms with Crippen LogP contribution < -0.4 is 10.6 Å². The van der Waals surface area contributed by atoms with Crippen LogP contribution in [-0.2, 0) is 4.79 Å². The molecule has 0 spiro atoms. The summed E-state index contributed by atoms with van der Waals surface area (Å²) in [6.07, 6.45) is 14.2. The van der Waals surface area contributed by atoms with Crippen LogP contribution in [0, 0.1) is 5.92 Å². The summed E-state index contributed by atoms with van der Waals surface area (Å²) >= 11 is 0. The fraction of sp³-hybridized carbons (Fsp3) is 0.920. The van der Waals surface area contributed by atoms with Crippen LogP contribution in [0.3, 0.4) is 0 Å². The molecule has 2 aliphatic carbocycles. The Balaban J connectivity index is 0.00000306. The van der Waals surface area contributed by atoms with Gasteiger partial charge in [-0.15, -0.1) is 24.0 Å². The van der Waals surface area contributed by atoms with Gasteiger partial charge in [0, 0.05) is 77.4 Å². The number of carbonyl (C=O) groups excluding carboxylic acids is 1. The van der Waals surface area contributed by atoms with Gasteiger partial charge in [-0.1, -0.05) is 32.1 Å². The molecule has 0 aromatic carbocycles. The molecule has 0 aromatic heterocycles. The van der Waals surface area contributed by atoms with Crippen molar-refractivity contribution in [2.24, 2.45) is 10.9 Å². The topological polar surface area (TPSA) is 63.2 Å². The molecule has 0 aromatic rings. The molecule has 33 heavy (non-hydrogen) atoms. The molecule has 4 rings (SSSR count). The van der Waals surface area contributed by atoms with E-state index in [0.717, 1.165) is 64.1 Å². The van der Waals surface area contributed by atoms with Crippen molar-refractivity contribution < 1.29 is 4.79 Å². The number of hydrogen-bond acceptors (Lipinski definition) is 4. The van der Waals surface area contributed by atoms with Gasteiger partial charge in [-0.2, -0.15) is 0 Å². The van der Waals surface area contributed by atoms with Crippen molar-refractivity contribution in [3.05, 3.63) is 0 Å². The highest BCUT2D eigenvalue weighted by molar-refractivity contribution is 14.0. The van der Waals surface area contributed by atoms with Crippen LogP contribution in [0.25, 0.3) is 0 Å². The number of aliphatic imine (C=N–C) groups is 1. The smallest absolute Gasteiger partial charge is 0.225 e. The number of nitrogens with zero attached hydrogens (tertiary/aromatic N) is 4. The first-order valence-corrected chi connectivity index (χ1v) is 13.5. The van der Waals surface area contributed by atoms with E-state index in [1.807, 2.05) is 7.05 Å². The number of carbonyl (C=O) groups is 1. The van der Waals surface area contributed by atoms with E-state index in [9.17, 15) is 4.79 Å². The SMILES string of the molecule is CN=C(NCCN1CCN(C(=O)C2CCCC2)CC1)NC1CCN(C2CCCCC2)CC1.I. The third-order valence-corrected chi connectivity index (χ3v) is 8.29. The average molecular weight is 575 g/mol. The molecule has 0 unspecified atom stereocenters. The van der Waals surface area contributed by atoms with E-state index in [4.69, 9.17) is 0 Å². The Bertz CT molecular complexity index is 604. The van der Waals surface area contributed by atoms with Crippen molar-refractivity contribution in [3.8, 4) is 0 Å². The van der Waals surface area contributed by atoms with Crippen LogP contribution in [0.5, 0.6) is 0 Å². The van der Waals surface area contributed by atoms with Crippen LogP contribution in [0.15, 0.2) is 4.99 Å². The van der Waals surface area contributed by atoms with Gasteiger partial charge in [-0.05, 0) is 38.5 Å². The Morgan fingerprint density at radius 1 is 0.848 bits per heavy atom. The molecule has 2 heterocycles. The van der Waals surface area contributed by atoms with E-state index < -0.39 is 0 Å². The maximum Gasteiger partial charge on any atom is 0.225 e. The molecule has 0 radical (unpaired) electrons. The minimum atomic E-state index is 0. The zero-order chi connectivity index (χ0) is 22.2. The minimum absolute atomic E-state index is 0. The normalized spacial score (nSPS) is 25.1. The third kappa shape index (κ3) is 7.95. The molecule has 2 aliphatic heterocycles. The predicted molar refractivity (Wildman–Crippen MR) is 146 cm³/mol. The Labute approximate surface area is 218 Å². The van der Waals surface area contributed by atoms with Crippen LogP contribution >= 0.6 is 24.0 Å². The lowest BCUT2D eigenvalue weighted by molar-refractivity contribution is -0.137. The van der Waals surface area contributed by atoms with Gasteiger partial charge < -0.3 is 20.4 Å². The summed E-state index contributed by atoms with van der Waals surface area (Å²) < 4.78 is 0. The highest BCUT2D eigenvalue weighted by Gasteiger charge is 2.29. The van der Waals surface area contributed by atoms with Crippen LogP contribution in [-0.4, -0.2) is 98.1 Å². The number of piperidine rings is 1. The maximum atomic E-state index is 12.6. The van der Waals surface area contributed by atoms with Crippen LogP contribution in [0.4, 0.5) is 0 Å². The second-order valence-corrected chi connectivity index (χ2v) is 10.4. The lowest BCUT2D eigenvalue weighted by atomic mass is 9.92. The van der Waals surface area contributed by atoms with Gasteiger partial charge in [0.05, 0.1) is 0 Å². The van der Waals surface area contributed by atoms with Gasteiger partial charge in [0.1, 0.15) is 0 Å². The highest BCUT2D eigenvalue weighted by Crippen LogP contribution is 2.27. The fourth-order valence-corrected chi connectivity index (χ4v) is 6.20. The largest absolute Gasteiger partial charge is 0.355 e. The molecule has 4 aliphatic rings. The Morgan fingerprint density at radius 3 is 2.12 bits per heavy atom. The van der Waals surface area contributed by atoms with Gasteiger partial charge >= 0.3 is 0 Å². The number of rotatable bonds is 6. The van der Waals surface area contributed by atoms with E-state index in [1.54, 1.807) is 0 Å². The van der Waals surface area contributed by atoms with Crippen molar-refractivity contribution in [1.29, 1.82) is 0 Å². The second kappa shape index (κ2) is 14.1. The predicted octanol–water partition coefficient (Wildman–Crippen LogP) is 2.90. The summed E-state index contributed by atoms with van der Waals surface area (Å²) in [5.74, 6) is 1.67. The Hall–Kier alpha value is -0.610. The standard InChI is InChI=1S/C25H46N6O.HI/c1-26-25(28-22-11-14-30(15-12-22)23-9-3-2-4-10-23)27-13-16-29-17-19-31(20-18-29)24(32)21-7-5-6-8-21;/h21-23H,2-20H2,1H3,(H2,26,27,28);1H. The molecular formula is C25H47IN6O. The summed E-state index contributed by atoms with van der Waals surface area (Å²) in [5, 5.41) is 7.18. The first kappa shape index (κ1) is 27.0. The lowest BCUT2D eigenvalue weighted by Crippen LogP contribution is -2.53. The van der Waals surface area contributed by atoms with E-state index in [-0.39, 0.29) is 24.0 Å². The Morgan fingerprint density at radius 2 is 1.48 bits per heavy atom. The molecule has 2 saturated heterocycles. The highest BCUT2D eigenvalue weighted by atomic mass is 127. The molecule has 2 N–H and O–H groups in total. The van der Waals surface area contributed by atoms with E-state index in [0.29, 0.717) is 17.9 Å². The summed E-state index contributed by atoms with van der Waals surface area (Å²) in [7, 11) is 1.87. The first-order chi connectivity index (χ1) is 15.7. The van der Waals surface area contributed by atoms with Gasteiger partial charge in [-0.3, -0.25) is 14.7 Å². The molecule has 8 heteroatoms. The molecule has 7 nitrogen and oxygen atoms in total. The number of amides is 1. The van der Waals surface area contributed by atoms with Gasteiger partial charge in [0.15, 0.2) is 5.96 Å². The van der Waals surface area contributed by atoms with Gasteiger partial charge in [-0.25, -0.2) is 0 Å². The van der Waals surface area contributed by atoms with Crippen molar-refractivity contribution in [2.75, 3.05) is 59.4 Å². The van der Waals surface area contributed by atoms with Gasteiger partial charge in [0.25, 0.3) is 0 Å². The summed E-state index contributed by atoms with van der Waals surface area (Å²) in [6, 6.07) is 1.38. The number of guanidine groups is 1. The minimum Gasteiger partial charge on any atom is -0.355 e. The zero-order valence-electron chi connectivity index (χ0n) is 20.8. The summed E-state index contributed by atoms with van der Waals surface area (Å²) in [6.45, 7) is 8.12. The molecule has 0 bridgehead atoms. The summed E-state index contributed by atoms with van der Waals surface area (Å²) in [5.41, 5.74) is 0. The first-order valence-electron chi connectivity index (χ1n) is 13.5. The second-order valence-electron chi connectivity index (χ2n) is 10.4. The summed E-state index contributed by atoms with van der Waals surface area (Å²) in [4.78, 5) is 24.4. The number of nitrogens with one attached hydrogen (secondary N) is 2. The number of likely N-dealkylation sites (tertiary alicyclic amines) is 1. The van der Waals surface area contributed by atoms with Crippen LogP contribution in [0.2, 0.25) is 0 Å². The maximum absolute atomic E-state index is 12.6. The Kier molecular flexibility index (Phi) is 11.5. The monoisotopic (exact) mass is 574 g/mol. The third-order valence-electron chi connectivity index (χ3n) is 8.29. The van der Waals surface area contributed by atoms with Crippen molar-refractivity contribution in [2.45, 2.75) is 82.7 Å². The number of halogens is 1. The number of piperazine rings is 1.